The Labute approximate surface area is 98.5 Å². The van der Waals surface area contributed by atoms with Crippen molar-refractivity contribution in [2.45, 2.75) is 70.7 Å². The van der Waals surface area contributed by atoms with Crippen LogP contribution in [0.5, 0.6) is 0 Å². The summed E-state index contributed by atoms with van der Waals surface area (Å²) < 4.78 is 0. The van der Waals surface area contributed by atoms with Gasteiger partial charge in [-0.3, -0.25) is 9.59 Å². The van der Waals surface area contributed by atoms with Gasteiger partial charge in [-0.05, 0) is 0 Å². The Kier molecular flexibility index (Phi) is 46.5. The average molecular weight is 222 g/mol. The Morgan fingerprint density at radius 1 is 0.933 bits per heavy atom. The van der Waals surface area contributed by atoms with E-state index in [1.807, 2.05) is 13.8 Å². The molecule has 0 bridgehead atoms. The summed E-state index contributed by atoms with van der Waals surface area (Å²) in [6.07, 6.45) is 0.590. The standard InChI is InChI=1S/C8H14O2.5CH4/c1-4-7(9)5-8(10)6(2)3;;;;;/h6H,4-5H2,1-3H3;5*1H4. The van der Waals surface area contributed by atoms with Crippen molar-refractivity contribution in [3.63, 3.8) is 0 Å². The fourth-order valence-electron chi connectivity index (χ4n) is 0.523. The lowest BCUT2D eigenvalue weighted by atomic mass is 10.0. The maximum Gasteiger partial charge on any atom is 0.142 e. The molecule has 0 aromatic carbocycles. The SMILES string of the molecule is C.C.C.C.C.CCC(=O)CC(=O)C(C)C. The molecule has 0 radical (unpaired) electrons. The first kappa shape index (κ1) is 36.7. The minimum atomic E-state index is -0.00417. The van der Waals surface area contributed by atoms with E-state index in [0.717, 1.165) is 0 Å². The van der Waals surface area contributed by atoms with E-state index in [-0.39, 0.29) is 61.0 Å². The van der Waals surface area contributed by atoms with Crippen LogP contribution in [0.2, 0.25) is 0 Å². The highest BCUT2D eigenvalue weighted by molar-refractivity contribution is 5.99. The van der Waals surface area contributed by atoms with Crippen LogP contribution < -0.4 is 0 Å². The average Bonchev–Trinajstić information content (AvgIpc) is 1.87. The van der Waals surface area contributed by atoms with E-state index in [9.17, 15) is 9.59 Å². The van der Waals surface area contributed by atoms with Gasteiger partial charge in [-0.1, -0.05) is 57.9 Å². The molecule has 0 aliphatic rings. The van der Waals surface area contributed by atoms with E-state index in [1.54, 1.807) is 6.92 Å². The summed E-state index contributed by atoms with van der Waals surface area (Å²) in [6, 6.07) is 0. The number of ketones is 2. The van der Waals surface area contributed by atoms with Gasteiger partial charge in [0.15, 0.2) is 0 Å². The third-order valence-electron chi connectivity index (χ3n) is 1.41. The summed E-state index contributed by atoms with van der Waals surface area (Å²) in [5.74, 6) is 0.0843. The van der Waals surface area contributed by atoms with E-state index in [4.69, 9.17) is 0 Å². The van der Waals surface area contributed by atoms with Gasteiger partial charge in [0, 0.05) is 12.3 Å². The first-order valence-electron chi connectivity index (χ1n) is 3.62. The molecular formula is C13H34O2. The van der Waals surface area contributed by atoms with Crippen LogP contribution in [0.15, 0.2) is 0 Å². The number of carbonyl (C=O) groups is 2. The molecule has 0 aromatic rings. The number of Topliss-reactive ketones (excluding diaryl/α,β-unsaturated/α-hetero) is 2. The van der Waals surface area contributed by atoms with E-state index >= 15 is 0 Å². The molecule has 2 nitrogen and oxygen atoms in total. The zero-order valence-corrected chi connectivity index (χ0v) is 6.81. The van der Waals surface area contributed by atoms with Gasteiger partial charge >= 0.3 is 0 Å². The Morgan fingerprint density at radius 3 is 1.47 bits per heavy atom. The van der Waals surface area contributed by atoms with E-state index in [2.05, 4.69) is 0 Å². The monoisotopic (exact) mass is 222 g/mol. The second-order valence-corrected chi connectivity index (χ2v) is 2.69. The summed E-state index contributed by atoms with van der Waals surface area (Å²) in [5.41, 5.74) is 0. The first-order valence-corrected chi connectivity index (χ1v) is 3.62. The van der Waals surface area contributed by atoms with Crippen LogP contribution in [0.3, 0.4) is 0 Å². The van der Waals surface area contributed by atoms with Gasteiger partial charge in [-0.2, -0.15) is 0 Å². The zero-order chi connectivity index (χ0) is 8.15. The molecule has 0 N–H and O–H groups in total. The fourth-order valence-corrected chi connectivity index (χ4v) is 0.523. The van der Waals surface area contributed by atoms with Gasteiger partial charge in [0.2, 0.25) is 0 Å². The van der Waals surface area contributed by atoms with Gasteiger partial charge in [-0.25, -0.2) is 0 Å². The Hall–Kier alpha value is -0.660. The normalized spacial score (nSPS) is 6.67. The fraction of sp³-hybridized carbons (Fsp3) is 0.846. The first-order chi connectivity index (χ1) is 4.57. The summed E-state index contributed by atoms with van der Waals surface area (Å²) in [7, 11) is 0. The lowest BCUT2D eigenvalue weighted by Gasteiger charge is -2.00. The van der Waals surface area contributed by atoms with Crippen LogP contribution in [0.25, 0.3) is 0 Å². The highest BCUT2D eigenvalue weighted by Crippen LogP contribution is 2.00. The van der Waals surface area contributed by atoms with Gasteiger partial charge in [-0.15, -0.1) is 0 Å². The lowest BCUT2D eigenvalue weighted by Crippen LogP contribution is -2.12. The summed E-state index contributed by atoms with van der Waals surface area (Å²) in [4.78, 5) is 21.6. The van der Waals surface area contributed by atoms with Crippen LogP contribution in [0.4, 0.5) is 0 Å². The van der Waals surface area contributed by atoms with E-state index in [0.29, 0.717) is 6.42 Å². The molecule has 0 spiro atoms. The highest BCUT2D eigenvalue weighted by Gasteiger charge is 2.10. The third-order valence-corrected chi connectivity index (χ3v) is 1.41. The quantitative estimate of drug-likeness (QED) is 0.643. The third kappa shape index (κ3) is 19.7. The molecule has 98 valence electrons. The van der Waals surface area contributed by atoms with Crippen LogP contribution in [-0.4, -0.2) is 11.6 Å². The number of hydrogen-bond acceptors (Lipinski definition) is 2. The molecule has 0 atom stereocenters. The zero-order valence-electron chi connectivity index (χ0n) is 6.81. The largest absolute Gasteiger partial charge is 0.299 e. The molecule has 0 fully saturated rings. The van der Waals surface area contributed by atoms with Crippen molar-refractivity contribution >= 4 is 11.6 Å². The maximum atomic E-state index is 10.9. The minimum Gasteiger partial charge on any atom is -0.299 e. The Morgan fingerprint density at radius 2 is 1.27 bits per heavy atom. The van der Waals surface area contributed by atoms with Crippen molar-refractivity contribution in [1.29, 1.82) is 0 Å². The van der Waals surface area contributed by atoms with Gasteiger partial charge < -0.3 is 0 Å². The molecule has 0 amide bonds. The summed E-state index contributed by atoms with van der Waals surface area (Å²) >= 11 is 0. The van der Waals surface area contributed by atoms with Crippen molar-refractivity contribution < 1.29 is 9.59 Å². The topological polar surface area (TPSA) is 34.1 Å². The highest BCUT2D eigenvalue weighted by atomic mass is 16.1. The van der Waals surface area contributed by atoms with Crippen LogP contribution in [0, 0.1) is 5.92 Å². The Bertz CT molecular complexity index is 137. The molecule has 15 heavy (non-hydrogen) atoms. The predicted octanol–water partition coefficient (Wildman–Crippen LogP) is 4.76. The number of hydrogen-bond donors (Lipinski definition) is 0. The Balaban J connectivity index is -0.0000000405. The van der Waals surface area contributed by atoms with Crippen molar-refractivity contribution in [2.24, 2.45) is 5.92 Å². The maximum absolute atomic E-state index is 10.9. The minimum absolute atomic E-state index is 0. The lowest BCUT2D eigenvalue weighted by molar-refractivity contribution is -0.128. The summed E-state index contributed by atoms with van der Waals surface area (Å²) in [5, 5.41) is 0. The van der Waals surface area contributed by atoms with E-state index in [1.165, 1.54) is 0 Å². The van der Waals surface area contributed by atoms with Crippen LogP contribution in [0.1, 0.15) is 70.7 Å². The molecule has 0 rings (SSSR count). The summed E-state index contributed by atoms with van der Waals surface area (Å²) in [6.45, 7) is 5.40. The second kappa shape index (κ2) is 19.0. The molecule has 2 heteroatoms. The molecule has 0 aromatic heterocycles. The second-order valence-electron chi connectivity index (χ2n) is 2.69. The van der Waals surface area contributed by atoms with Gasteiger partial charge in [0.1, 0.15) is 11.6 Å². The van der Waals surface area contributed by atoms with Crippen molar-refractivity contribution in [1.82, 2.24) is 0 Å². The van der Waals surface area contributed by atoms with Crippen LogP contribution in [-0.2, 0) is 9.59 Å². The molecular weight excluding hydrogens is 188 g/mol. The van der Waals surface area contributed by atoms with Crippen LogP contribution >= 0.6 is 0 Å². The molecule has 0 saturated heterocycles. The smallest absolute Gasteiger partial charge is 0.142 e. The van der Waals surface area contributed by atoms with E-state index < -0.39 is 0 Å². The predicted molar refractivity (Wildman–Crippen MR) is 73.4 cm³/mol. The number of carbonyl (C=O) groups excluding carboxylic acids is 2. The van der Waals surface area contributed by atoms with Gasteiger partial charge in [0.25, 0.3) is 0 Å². The number of rotatable bonds is 4. The van der Waals surface area contributed by atoms with Crippen molar-refractivity contribution in [2.75, 3.05) is 0 Å². The van der Waals surface area contributed by atoms with Crippen molar-refractivity contribution in [3.05, 3.63) is 0 Å². The van der Waals surface area contributed by atoms with Gasteiger partial charge in [0.05, 0.1) is 6.42 Å². The molecule has 0 aliphatic carbocycles. The van der Waals surface area contributed by atoms with Crippen molar-refractivity contribution in [3.8, 4) is 0 Å². The molecule has 0 aliphatic heterocycles. The molecule has 0 unspecified atom stereocenters. The molecule has 0 saturated carbocycles. The molecule has 0 heterocycles.